The third-order valence-corrected chi connectivity index (χ3v) is 5.93. The number of carboxylic acids is 3. The largest absolute Gasteiger partial charge is 0.481 e. The van der Waals surface area contributed by atoms with Gasteiger partial charge in [-0.25, -0.2) is 0 Å². The summed E-state index contributed by atoms with van der Waals surface area (Å²) in [5.74, 6) is -9.45. The first-order valence-corrected chi connectivity index (χ1v) is 11.8. The second kappa shape index (κ2) is 15.5. The summed E-state index contributed by atoms with van der Waals surface area (Å²) in [6, 6.07) is 6.08. The van der Waals surface area contributed by atoms with Gasteiger partial charge in [-0.2, -0.15) is 0 Å². The number of hydrogen-bond donors (Lipinski definition) is 6. The van der Waals surface area contributed by atoms with Gasteiger partial charge in [0.1, 0.15) is 17.7 Å². The average molecular weight is 539 g/mol. The number of carboxylic acid groups (broad SMARTS) is 3. The van der Waals surface area contributed by atoms with Crippen molar-refractivity contribution in [3.63, 3.8) is 0 Å². The van der Waals surface area contributed by atoms with Crippen LogP contribution in [0.15, 0.2) is 30.3 Å². The van der Waals surface area contributed by atoms with Crippen LogP contribution in [0.2, 0.25) is 0 Å². The van der Waals surface area contributed by atoms with Gasteiger partial charge in [-0.15, -0.1) is 12.6 Å². The van der Waals surface area contributed by atoms with Crippen LogP contribution in [-0.4, -0.2) is 74.9 Å². The van der Waals surface area contributed by atoms with Crippen LogP contribution in [0.3, 0.4) is 0 Å². The van der Waals surface area contributed by atoms with Crippen molar-refractivity contribution in [2.45, 2.75) is 50.6 Å². The maximum atomic E-state index is 13.0. The molecule has 0 fully saturated rings. The van der Waals surface area contributed by atoms with Gasteiger partial charge in [0.15, 0.2) is 5.78 Å². The number of thiol groups is 1. The minimum Gasteiger partial charge on any atom is -0.481 e. The van der Waals surface area contributed by atoms with Crippen LogP contribution in [0.1, 0.15) is 37.7 Å². The quantitative estimate of drug-likeness (QED) is 0.111. The average Bonchev–Trinajstić information content (AvgIpc) is 2.81. The number of aliphatic carboxylic acids is 3. The van der Waals surface area contributed by atoms with Crippen LogP contribution < -0.4 is 10.6 Å². The summed E-state index contributed by atoms with van der Waals surface area (Å²) in [6.07, 6.45) is -2.36. The molecule has 0 aromatic heterocycles. The lowest BCUT2D eigenvalue weighted by molar-refractivity contribution is -0.147. The summed E-state index contributed by atoms with van der Waals surface area (Å²) in [5, 5.41) is 31.4. The van der Waals surface area contributed by atoms with Crippen molar-refractivity contribution in [1.29, 1.82) is 0 Å². The van der Waals surface area contributed by atoms with Gasteiger partial charge in [0.2, 0.25) is 11.0 Å². The number of Topliss-reactive ketones (excluding diaryl/α,β-unsaturated/α-hetero) is 2. The SMILES string of the molecule is CN[C@@H](CCC(=O)C[C@@H](CC(=O)O)C(=O)N[C@@H](Cc1ccccc1)C(=O)C[C@H](C(=O)O)C(=O)S)C(=O)O. The molecule has 0 aliphatic heterocycles. The number of likely N-dealkylation sites (N-methyl/N-ethyl adjacent to an activating group) is 1. The summed E-state index contributed by atoms with van der Waals surface area (Å²) >= 11 is 3.50. The topological polar surface area (TPSA) is 204 Å². The Hall–Kier alpha value is -3.58. The van der Waals surface area contributed by atoms with Gasteiger partial charge in [0, 0.05) is 19.3 Å². The lowest BCUT2D eigenvalue weighted by Gasteiger charge is -2.22. The number of ketones is 2. The Balaban J connectivity index is 3.07. The van der Waals surface area contributed by atoms with Crippen LogP contribution in [0.4, 0.5) is 0 Å². The van der Waals surface area contributed by atoms with E-state index in [0.29, 0.717) is 5.56 Å². The summed E-state index contributed by atoms with van der Waals surface area (Å²) < 4.78 is 0. The Bertz CT molecular complexity index is 1000. The molecule has 37 heavy (non-hydrogen) atoms. The number of nitrogens with one attached hydrogen (secondary N) is 2. The minimum absolute atomic E-state index is 0.0739. The molecule has 0 aliphatic rings. The van der Waals surface area contributed by atoms with Crippen molar-refractivity contribution in [3.05, 3.63) is 35.9 Å². The summed E-state index contributed by atoms with van der Waals surface area (Å²) in [6.45, 7) is 0. The second-order valence-electron chi connectivity index (χ2n) is 8.41. The monoisotopic (exact) mass is 538 g/mol. The third-order valence-electron chi connectivity index (χ3n) is 5.61. The van der Waals surface area contributed by atoms with Gasteiger partial charge in [0.05, 0.1) is 18.4 Å². The molecule has 1 amide bonds. The van der Waals surface area contributed by atoms with Crippen molar-refractivity contribution in [2.24, 2.45) is 11.8 Å². The molecule has 0 aliphatic carbocycles. The number of carbonyl (C=O) groups excluding carboxylic acids is 4. The fourth-order valence-corrected chi connectivity index (χ4v) is 3.75. The van der Waals surface area contributed by atoms with E-state index in [0.717, 1.165) is 0 Å². The molecule has 13 heteroatoms. The molecule has 5 N–H and O–H groups in total. The molecule has 0 unspecified atom stereocenters. The maximum absolute atomic E-state index is 13.0. The van der Waals surface area contributed by atoms with Crippen molar-refractivity contribution in [3.8, 4) is 0 Å². The van der Waals surface area contributed by atoms with Gasteiger partial charge in [-0.05, 0) is 25.5 Å². The van der Waals surface area contributed by atoms with Crippen molar-refractivity contribution in [1.82, 2.24) is 10.6 Å². The predicted molar refractivity (Wildman–Crippen MR) is 132 cm³/mol. The van der Waals surface area contributed by atoms with Gasteiger partial charge in [0.25, 0.3) is 0 Å². The Morgan fingerprint density at radius 3 is 1.97 bits per heavy atom. The Morgan fingerprint density at radius 1 is 0.865 bits per heavy atom. The molecule has 0 saturated carbocycles. The molecule has 1 aromatic rings. The van der Waals surface area contributed by atoms with Gasteiger partial charge >= 0.3 is 17.9 Å². The highest BCUT2D eigenvalue weighted by molar-refractivity contribution is 7.96. The second-order valence-corrected chi connectivity index (χ2v) is 8.85. The molecule has 0 spiro atoms. The van der Waals surface area contributed by atoms with E-state index in [4.69, 9.17) is 5.11 Å². The lowest BCUT2D eigenvalue weighted by Crippen LogP contribution is -2.46. The standard InChI is InChI=1S/C24H30N2O10S/c1-25-17(23(34)35)8-7-15(27)10-14(11-20(29)30)21(31)26-18(9-13-5-3-2-4-6-13)19(28)12-16(22(32)33)24(36)37/h2-6,14,16-18,25H,7-12H2,1H3,(H,26,31)(H,29,30)(H,32,33)(H,34,35)(H,36,37)/t14-,16+,17-,18-/m0/s1. The van der Waals surface area contributed by atoms with E-state index in [9.17, 15) is 43.8 Å². The van der Waals surface area contributed by atoms with E-state index in [1.165, 1.54) is 7.05 Å². The Labute approximate surface area is 218 Å². The first-order valence-electron chi connectivity index (χ1n) is 11.3. The zero-order chi connectivity index (χ0) is 28.1. The molecule has 1 aromatic carbocycles. The lowest BCUT2D eigenvalue weighted by atomic mass is 9.92. The molecule has 1 rings (SSSR count). The molecule has 0 saturated heterocycles. The molecule has 0 bridgehead atoms. The number of benzene rings is 1. The van der Waals surface area contributed by atoms with E-state index in [1.807, 2.05) is 0 Å². The first-order chi connectivity index (χ1) is 17.3. The molecule has 4 atom stereocenters. The highest BCUT2D eigenvalue weighted by Gasteiger charge is 2.33. The highest BCUT2D eigenvalue weighted by Crippen LogP contribution is 2.17. The molecule has 0 radical (unpaired) electrons. The fraction of sp³-hybridized carbons (Fsp3) is 0.458. The van der Waals surface area contributed by atoms with Crippen LogP contribution >= 0.6 is 12.6 Å². The minimum atomic E-state index is -1.74. The maximum Gasteiger partial charge on any atom is 0.320 e. The third kappa shape index (κ3) is 11.3. The zero-order valence-corrected chi connectivity index (χ0v) is 21.0. The first kappa shape index (κ1) is 31.4. The van der Waals surface area contributed by atoms with E-state index in [-0.39, 0.29) is 19.3 Å². The van der Waals surface area contributed by atoms with Crippen LogP contribution in [0.25, 0.3) is 0 Å². The molecule has 12 nitrogen and oxygen atoms in total. The van der Waals surface area contributed by atoms with E-state index in [1.54, 1.807) is 30.3 Å². The Morgan fingerprint density at radius 2 is 1.49 bits per heavy atom. The zero-order valence-electron chi connectivity index (χ0n) is 20.1. The van der Waals surface area contributed by atoms with Crippen LogP contribution in [0, 0.1) is 11.8 Å². The predicted octanol–water partition coefficient (Wildman–Crippen LogP) is 0.333. The number of hydrogen-bond acceptors (Lipinski definition) is 8. The number of carbonyl (C=O) groups is 7. The van der Waals surface area contributed by atoms with Crippen LogP contribution in [0.5, 0.6) is 0 Å². The molecular weight excluding hydrogens is 508 g/mol. The molecule has 202 valence electrons. The normalized spacial score (nSPS) is 14.0. The van der Waals surface area contributed by atoms with Crippen molar-refractivity contribution in [2.75, 3.05) is 7.05 Å². The number of amides is 1. The summed E-state index contributed by atoms with van der Waals surface area (Å²) in [4.78, 5) is 83.7. The van der Waals surface area contributed by atoms with Crippen LogP contribution in [-0.2, 0) is 40.0 Å². The summed E-state index contributed by atoms with van der Waals surface area (Å²) in [7, 11) is 1.41. The molecule has 0 heterocycles. The van der Waals surface area contributed by atoms with E-state index in [2.05, 4.69) is 23.3 Å². The highest BCUT2D eigenvalue weighted by atomic mass is 32.1. The fourth-order valence-electron chi connectivity index (χ4n) is 3.55. The van der Waals surface area contributed by atoms with Gasteiger partial charge in [-0.1, -0.05) is 30.3 Å². The smallest absolute Gasteiger partial charge is 0.320 e. The molecular formula is C24H30N2O10S. The summed E-state index contributed by atoms with van der Waals surface area (Å²) in [5.41, 5.74) is 0.600. The van der Waals surface area contributed by atoms with E-state index < -0.39 is 83.7 Å². The number of rotatable bonds is 18. The van der Waals surface area contributed by atoms with Crippen molar-refractivity contribution < 1.29 is 48.9 Å². The Kier molecular flexibility index (Phi) is 13.2. The van der Waals surface area contributed by atoms with Gasteiger partial charge < -0.3 is 26.0 Å². The van der Waals surface area contributed by atoms with E-state index >= 15 is 0 Å². The van der Waals surface area contributed by atoms with Crippen molar-refractivity contribution >= 4 is 53.1 Å². The van der Waals surface area contributed by atoms with Gasteiger partial charge in [-0.3, -0.25) is 33.6 Å².